The lowest BCUT2D eigenvalue weighted by atomic mass is 10.1. The second-order valence-corrected chi connectivity index (χ2v) is 3.38. The van der Waals surface area contributed by atoms with Gasteiger partial charge in [-0.05, 0) is 17.7 Å². The molecule has 0 radical (unpaired) electrons. The fourth-order valence-electron chi connectivity index (χ4n) is 0.943. The molecule has 0 saturated carbocycles. The van der Waals surface area contributed by atoms with Crippen LogP contribution >= 0.6 is 24.2 Å². The van der Waals surface area contributed by atoms with E-state index in [1.807, 2.05) is 0 Å². The van der Waals surface area contributed by atoms with E-state index in [0.717, 1.165) is 5.56 Å². The Morgan fingerprint density at radius 3 is 2.77 bits per heavy atom. The Morgan fingerprint density at radius 1 is 1.54 bits per heavy atom. The predicted molar refractivity (Wildman–Crippen MR) is 53.1 cm³/mol. The van der Waals surface area contributed by atoms with Crippen LogP contribution in [0.5, 0.6) is 0 Å². The second kappa shape index (κ2) is 4.63. The van der Waals surface area contributed by atoms with E-state index >= 15 is 0 Å². The molecule has 0 bridgehead atoms. The van der Waals surface area contributed by atoms with Gasteiger partial charge in [0.25, 0.3) is 0 Å². The number of hydrogen-bond acceptors (Lipinski definition) is 2. The van der Waals surface area contributed by atoms with E-state index in [-0.39, 0.29) is 28.8 Å². The topological polar surface area (TPSA) is 17.1 Å². The van der Waals surface area contributed by atoms with Crippen molar-refractivity contribution in [3.8, 4) is 0 Å². The van der Waals surface area contributed by atoms with Crippen LogP contribution in [-0.4, -0.2) is 11.7 Å². The molecule has 4 heteroatoms. The minimum atomic E-state index is -0.384. The minimum absolute atomic E-state index is 0.0146. The maximum Gasteiger partial charge on any atom is 0.151 e. The van der Waals surface area contributed by atoms with Crippen molar-refractivity contribution in [3.05, 3.63) is 29.6 Å². The van der Waals surface area contributed by atoms with E-state index in [0.29, 0.717) is 0 Å². The molecule has 13 heavy (non-hydrogen) atoms. The Kier molecular flexibility index (Phi) is 3.75. The van der Waals surface area contributed by atoms with Crippen LogP contribution in [-0.2, 0) is 11.2 Å². The highest BCUT2D eigenvalue weighted by Gasteiger charge is 2.04. The van der Waals surface area contributed by atoms with Crippen LogP contribution in [0.1, 0.15) is 5.56 Å². The Morgan fingerprint density at radius 2 is 2.23 bits per heavy atom. The summed E-state index contributed by atoms with van der Waals surface area (Å²) in [6, 6.07) is 4.38. The van der Waals surface area contributed by atoms with Gasteiger partial charge in [0.2, 0.25) is 0 Å². The first-order valence-corrected chi connectivity index (χ1v) is 4.66. The number of thiol groups is 1. The summed E-state index contributed by atoms with van der Waals surface area (Å²) in [6.45, 7) is 0. The molecule has 0 spiro atoms. The zero-order valence-corrected chi connectivity index (χ0v) is 8.41. The van der Waals surface area contributed by atoms with Gasteiger partial charge in [-0.3, -0.25) is 4.79 Å². The van der Waals surface area contributed by atoms with E-state index < -0.39 is 0 Å². The minimum Gasteiger partial charge on any atom is -0.298 e. The molecule has 0 N–H and O–H groups in total. The molecule has 0 aliphatic carbocycles. The number of halogens is 2. The number of alkyl halides is 1. The van der Waals surface area contributed by atoms with Crippen LogP contribution in [0, 0.1) is 5.82 Å². The summed E-state index contributed by atoms with van der Waals surface area (Å²) in [5.41, 5.74) is 0.733. The molecule has 1 nitrogen and oxygen atoms in total. The smallest absolute Gasteiger partial charge is 0.151 e. The summed E-state index contributed by atoms with van der Waals surface area (Å²) in [5, 5.41) is 0. The van der Waals surface area contributed by atoms with Crippen LogP contribution in [0.3, 0.4) is 0 Å². The highest BCUT2D eigenvalue weighted by Crippen LogP contribution is 2.14. The molecular formula is C9H8ClFOS. The average molecular weight is 219 g/mol. The van der Waals surface area contributed by atoms with Crippen molar-refractivity contribution in [2.24, 2.45) is 0 Å². The molecule has 1 rings (SSSR count). The highest BCUT2D eigenvalue weighted by atomic mass is 35.5. The summed E-state index contributed by atoms with van der Waals surface area (Å²) < 4.78 is 12.7. The summed E-state index contributed by atoms with van der Waals surface area (Å²) >= 11 is 9.23. The molecule has 0 fully saturated rings. The number of benzene rings is 1. The lowest BCUT2D eigenvalue weighted by molar-refractivity contribution is -0.116. The van der Waals surface area contributed by atoms with Crippen LogP contribution in [0.2, 0.25) is 0 Å². The number of Topliss-reactive ketones (excluding diaryl/α,β-unsaturated/α-hetero) is 1. The first-order valence-electron chi connectivity index (χ1n) is 3.68. The SMILES string of the molecule is O=C(CCl)Cc1ccc(F)c(S)c1. The summed E-state index contributed by atoms with van der Waals surface area (Å²) in [7, 11) is 0. The number of hydrogen-bond donors (Lipinski definition) is 1. The molecule has 0 aliphatic rings. The largest absolute Gasteiger partial charge is 0.298 e. The Hall–Kier alpha value is -0.540. The molecular weight excluding hydrogens is 211 g/mol. The first kappa shape index (κ1) is 10.5. The third kappa shape index (κ3) is 3.01. The fourth-order valence-corrected chi connectivity index (χ4v) is 1.28. The van der Waals surface area contributed by atoms with Crippen molar-refractivity contribution >= 4 is 30.0 Å². The molecule has 0 atom stereocenters. The molecule has 0 unspecified atom stereocenters. The van der Waals surface area contributed by atoms with Gasteiger partial charge in [-0.25, -0.2) is 4.39 Å². The predicted octanol–water partition coefficient (Wildman–Crippen LogP) is 2.46. The van der Waals surface area contributed by atoms with Crippen LogP contribution < -0.4 is 0 Å². The van der Waals surface area contributed by atoms with Crippen molar-refractivity contribution in [1.29, 1.82) is 0 Å². The van der Waals surface area contributed by atoms with Crippen molar-refractivity contribution in [3.63, 3.8) is 0 Å². The lowest BCUT2D eigenvalue weighted by Crippen LogP contribution is -2.03. The Balaban J connectivity index is 2.79. The lowest BCUT2D eigenvalue weighted by Gasteiger charge is -2.00. The van der Waals surface area contributed by atoms with Crippen LogP contribution in [0.25, 0.3) is 0 Å². The number of ketones is 1. The van der Waals surface area contributed by atoms with Gasteiger partial charge in [0.05, 0.1) is 5.88 Å². The highest BCUT2D eigenvalue weighted by molar-refractivity contribution is 7.80. The zero-order valence-electron chi connectivity index (χ0n) is 6.76. The van der Waals surface area contributed by atoms with Gasteiger partial charge >= 0.3 is 0 Å². The van der Waals surface area contributed by atoms with Crippen molar-refractivity contribution in [2.75, 3.05) is 5.88 Å². The summed E-state index contributed by atoms with van der Waals surface area (Å²) in [6.07, 6.45) is 0.233. The van der Waals surface area contributed by atoms with Gasteiger partial charge in [0.1, 0.15) is 5.82 Å². The molecule has 0 heterocycles. The molecule has 70 valence electrons. The molecule has 0 saturated heterocycles. The Labute approximate surface area is 86.3 Å². The second-order valence-electron chi connectivity index (χ2n) is 2.63. The molecule has 0 aromatic heterocycles. The van der Waals surface area contributed by atoms with Gasteiger partial charge < -0.3 is 0 Å². The fraction of sp³-hybridized carbons (Fsp3) is 0.222. The quantitative estimate of drug-likeness (QED) is 0.609. The summed E-state index contributed by atoms with van der Waals surface area (Å²) in [4.78, 5) is 11.2. The van der Waals surface area contributed by atoms with E-state index in [1.54, 1.807) is 6.07 Å². The maximum atomic E-state index is 12.7. The van der Waals surface area contributed by atoms with E-state index in [2.05, 4.69) is 12.6 Å². The van der Waals surface area contributed by atoms with Gasteiger partial charge in [-0.15, -0.1) is 24.2 Å². The number of carbonyl (C=O) groups is 1. The van der Waals surface area contributed by atoms with Gasteiger partial charge in [0.15, 0.2) is 5.78 Å². The first-order chi connectivity index (χ1) is 6.13. The molecule has 1 aromatic rings. The molecule has 1 aromatic carbocycles. The van der Waals surface area contributed by atoms with Crippen molar-refractivity contribution < 1.29 is 9.18 Å². The number of rotatable bonds is 3. The summed E-state index contributed by atoms with van der Waals surface area (Å²) in [5.74, 6) is -0.481. The van der Waals surface area contributed by atoms with Crippen molar-refractivity contribution in [1.82, 2.24) is 0 Å². The van der Waals surface area contributed by atoms with E-state index in [1.165, 1.54) is 12.1 Å². The van der Waals surface area contributed by atoms with E-state index in [9.17, 15) is 9.18 Å². The average Bonchev–Trinajstić information content (AvgIpc) is 2.11. The molecule has 0 aliphatic heterocycles. The maximum absolute atomic E-state index is 12.7. The van der Waals surface area contributed by atoms with E-state index in [4.69, 9.17) is 11.6 Å². The molecule has 0 amide bonds. The Bertz CT molecular complexity index is 327. The zero-order chi connectivity index (χ0) is 9.84. The monoisotopic (exact) mass is 218 g/mol. The van der Waals surface area contributed by atoms with Gasteiger partial charge in [0, 0.05) is 11.3 Å². The number of carbonyl (C=O) groups excluding carboxylic acids is 1. The van der Waals surface area contributed by atoms with Crippen LogP contribution in [0.4, 0.5) is 4.39 Å². The van der Waals surface area contributed by atoms with Gasteiger partial charge in [-0.1, -0.05) is 6.07 Å². The third-order valence-corrected chi connectivity index (χ3v) is 2.20. The van der Waals surface area contributed by atoms with Gasteiger partial charge in [-0.2, -0.15) is 0 Å². The normalized spacial score (nSPS) is 10.1. The van der Waals surface area contributed by atoms with Crippen molar-refractivity contribution in [2.45, 2.75) is 11.3 Å². The third-order valence-electron chi connectivity index (χ3n) is 1.56. The standard InChI is InChI=1S/C9H8ClFOS/c10-5-7(12)3-6-1-2-8(11)9(13)4-6/h1-2,4,13H,3,5H2. The van der Waals surface area contributed by atoms with Crippen LogP contribution in [0.15, 0.2) is 23.1 Å².